The molecule has 2 N–H and O–H groups in total. The van der Waals surface area contributed by atoms with Gasteiger partial charge in [-0.2, -0.15) is 0 Å². The highest BCUT2D eigenvalue weighted by molar-refractivity contribution is 6.31. The molecule has 0 fully saturated rings. The summed E-state index contributed by atoms with van der Waals surface area (Å²) in [5.41, 5.74) is 6.10. The summed E-state index contributed by atoms with van der Waals surface area (Å²) in [6.07, 6.45) is 0.319. The lowest BCUT2D eigenvalue weighted by Crippen LogP contribution is -2.15. The highest BCUT2D eigenvalue weighted by Gasteiger charge is 2.13. The lowest BCUT2D eigenvalue weighted by molar-refractivity contribution is -0.115. The second kappa shape index (κ2) is 6.09. The van der Waals surface area contributed by atoms with Gasteiger partial charge in [-0.05, 0) is 56.2 Å². The van der Waals surface area contributed by atoms with Crippen LogP contribution in [0.5, 0.6) is 0 Å². The van der Waals surface area contributed by atoms with Crippen molar-refractivity contribution in [1.29, 1.82) is 0 Å². The van der Waals surface area contributed by atoms with Crippen molar-refractivity contribution < 1.29 is 4.79 Å². The Balaban J connectivity index is 1.85. The van der Waals surface area contributed by atoms with Gasteiger partial charge in [-0.25, -0.2) is 0 Å². The number of anilines is 1. The van der Waals surface area contributed by atoms with Gasteiger partial charge in [0.05, 0.1) is 6.42 Å². The fourth-order valence-electron chi connectivity index (χ4n) is 2.89. The molecule has 0 aliphatic rings. The number of fused-ring (bicyclic) bond motifs is 1. The first-order valence-corrected chi connectivity index (χ1v) is 7.95. The summed E-state index contributed by atoms with van der Waals surface area (Å²) in [4.78, 5) is 15.7. The monoisotopic (exact) mass is 326 g/mol. The van der Waals surface area contributed by atoms with Crippen LogP contribution >= 0.6 is 11.6 Å². The minimum Gasteiger partial charge on any atom is -0.358 e. The number of aromatic amines is 1. The van der Waals surface area contributed by atoms with Gasteiger partial charge in [0.2, 0.25) is 5.91 Å². The fraction of sp³-hybridized carbons (Fsp3) is 0.211. The molecule has 2 aromatic carbocycles. The lowest BCUT2D eigenvalue weighted by Gasteiger charge is -2.09. The standard InChI is InChI=1S/C19H19ClN2O/c1-11-4-6-17(12(2)8-11)22-19(23)10-15-13(3)21-18-7-5-14(20)9-16(15)18/h4-9,21H,10H2,1-3H3,(H,22,23). The van der Waals surface area contributed by atoms with E-state index in [0.717, 1.165) is 33.4 Å². The van der Waals surface area contributed by atoms with Crippen LogP contribution < -0.4 is 5.32 Å². The number of H-pyrrole nitrogens is 1. The largest absolute Gasteiger partial charge is 0.358 e. The van der Waals surface area contributed by atoms with Gasteiger partial charge in [-0.3, -0.25) is 4.79 Å². The molecule has 0 aliphatic heterocycles. The third-order valence-electron chi connectivity index (χ3n) is 4.07. The zero-order valence-electron chi connectivity index (χ0n) is 13.5. The molecule has 3 nitrogen and oxygen atoms in total. The number of rotatable bonds is 3. The zero-order valence-corrected chi connectivity index (χ0v) is 14.2. The van der Waals surface area contributed by atoms with E-state index in [2.05, 4.69) is 16.4 Å². The van der Waals surface area contributed by atoms with Crippen LogP contribution in [0.1, 0.15) is 22.4 Å². The number of aromatic nitrogens is 1. The molecular weight excluding hydrogens is 308 g/mol. The minimum absolute atomic E-state index is 0.0269. The van der Waals surface area contributed by atoms with E-state index in [4.69, 9.17) is 11.6 Å². The number of halogens is 1. The molecule has 4 heteroatoms. The summed E-state index contributed by atoms with van der Waals surface area (Å²) >= 11 is 6.09. The van der Waals surface area contributed by atoms with E-state index in [-0.39, 0.29) is 5.91 Å². The maximum absolute atomic E-state index is 12.4. The summed E-state index contributed by atoms with van der Waals surface area (Å²) in [5.74, 6) is -0.0269. The normalized spacial score (nSPS) is 11.0. The molecule has 3 aromatic rings. The number of benzene rings is 2. The molecule has 0 saturated carbocycles. The maximum atomic E-state index is 12.4. The molecule has 0 aliphatic carbocycles. The Labute approximate surface area is 140 Å². The fourth-order valence-corrected chi connectivity index (χ4v) is 3.06. The molecule has 118 valence electrons. The highest BCUT2D eigenvalue weighted by Crippen LogP contribution is 2.26. The predicted molar refractivity (Wildman–Crippen MR) is 96.3 cm³/mol. The summed E-state index contributed by atoms with van der Waals surface area (Å²) in [6.45, 7) is 6.02. The van der Waals surface area contributed by atoms with Gasteiger partial charge in [-0.1, -0.05) is 29.3 Å². The Bertz CT molecular complexity index is 896. The van der Waals surface area contributed by atoms with Crippen molar-refractivity contribution in [3.05, 3.63) is 63.8 Å². The number of carbonyl (C=O) groups is 1. The molecule has 0 atom stereocenters. The molecule has 1 amide bonds. The number of hydrogen-bond donors (Lipinski definition) is 2. The molecule has 23 heavy (non-hydrogen) atoms. The zero-order chi connectivity index (χ0) is 16.6. The second-order valence-corrected chi connectivity index (χ2v) is 6.40. The SMILES string of the molecule is Cc1ccc(NC(=O)Cc2c(C)[nH]c3ccc(Cl)cc23)c(C)c1. The van der Waals surface area contributed by atoms with Crippen LogP contribution in [0.3, 0.4) is 0 Å². The van der Waals surface area contributed by atoms with Crippen molar-refractivity contribution in [1.82, 2.24) is 4.98 Å². The van der Waals surface area contributed by atoms with Gasteiger partial charge in [-0.15, -0.1) is 0 Å². The summed E-state index contributed by atoms with van der Waals surface area (Å²) in [6, 6.07) is 11.7. The topological polar surface area (TPSA) is 44.9 Å². The molecule has 0 bridgehead atoms. The van der Waals surface area contributed by atoms with Crippen LogP contribution in [0.15, 0.2) is 36.4 Å². The maximum Gasteiger partial charge on any atom is 0.228 e. The number of nitrogens with one attached hydrogen (secondary N) is 2. The van der Waals surface area contributed by atoms with Crippen molar-refractivity contribution >= 4 is 34.1 Å². The van der Waals surface area contributed by atoms with E-state index >= 15 is 0 Å². The van der Waals surface area contributed by atoms with Gasteiger partial charge >= 0.3 is 0 Å². The third-order valence-corrected chi connectivity index (χ3v) is 4.31. The van der Waals surface area contributed by atoms with Gasteiger partial charge in [0, 0.05) is 27.3 Å². The average molecular weight is 327 g/mol. The van der Waals surface area contributed by atoms with Crippen LogP contribution in [-0.2, 0) is 11.2 Å². The summed E-state index contributed by atoms with van der Waals surface area (Å²) in [7, 11) is 0. The predicted octanol–water partition coefficient (Wildman–Crippen LogP) is 4.93. The molecular formula is C19H19ClN2O. The summed E-state index contributed by atoms with van der Waals surface area (Å²) < 4.78 is 0. The van der Waals surface area contributed by atoms with Gasteiger partial charge in [0.25, 0.3) is 0 Å². The Morgan fingerprint density at radius 3 is 2.65 bits per heavy atom. The van der Waals surface area contributed by atoms with Crippen LogP contribution in [-0.4, -0.2) is 10.9 Å². The van der Waals surface area contributed by atoms with E-state index in [9.17, 15) is 4.79 Å². The minimum atomic E-state index is -0.0269. The first-order chi connectivity index (χ1) is 10.9. The van der Waals surface area contributed by atoms with Crippen LogP contribution in [0.25, 0.3) is 10.9 Å². The first-order valence-electron chi connectivity index (χ1n) is 7.58. The van der Waals surface area contributed by atoms with Gasteiger partial charge in [0.1, 0.15) is 0 Å². The molecule has 1 aromatic heterocycles. The number of amides is 1. The summed E-state index contributed by atoms with van der Waals surface area (Å²) in [5, 5.41) is 4.68. The highest BCUT2D eigenvalue weighted by atomic mass is 35.5. The molecule has 3 rings (SSSR count). The molecule has 0 radical (unpaired) electrons. The van der Waals surface area contributed by atoms with Crippen molar-refractivity contribution in [3.63, 3.8) is 0 Å². The smallest absolute Gasteiger partial charge is 0.228 e. The second-order valence-electron chi connectivity index (χ2n) is 5.96. The molecule has 0 spiro atoms. The molecule has 1 heterocycles. The van der Waals surface area contributed by atoms with Crippen molar-refractivity contribution in [3.8, 4) is 0 Å². The molecule has 0 saturated heterocycles. The quantitative estimate of drug-likeness (QED) is 0.704. The Morgan fingerprint density at radius 2 is 1.91 bits per heavy atom. The van der Waals surface area contributed by atoms with Gasteiger partial charge in [0.15, 0.2) is 0 Å². The Hall–Kier alpha value is -2.26. The van der Waals surface area contributed by atoms with Crippen LogP contribution in [0, 0.1) is 20.8 Å². The Morgan fingerprint density at radius 1 is 1.13 bits per heavy atom. The average Bonchev–Trinajstić information content (AvgIpc) is 2.78. The van der Waals surface area contributed by atoms with Crippen LogP contribution in [0.4, 0.5) is 5.69 Å². The Kier molecular flexibility index (Phi) is 4.14. The number of aryl methyl sites for hydroxylation is 3. The van der Waals surface area contributed by atoms with E-state index in [1.165, 1.54) is 5.56 Å². The van der Waals surface area contributed by atoms with E-state index in [1.54, 1.807) is 0 Å². The van der Waals surface area contributed by atoms with Crippen molar-refractivity contribution in [2.75, 3.05) is 5.32 Å². The van der Waals surface area contributed by atoms with Crippen molar-refractivity contribution in [2.24, 2.45) is 0 Å². The third kappa shape index (κ3) is 3.25. The van der Waals surface area contributed by atoms with Crippen LogP contribution in [0.2, 0.25) is 5.02 Å². The van der Waals surface area contributed by atoms with E-state index in [1.807, 2.05) is 51.1 Å². The van der Waals surface area contributed by atoms with Crippen molar-refractivity contribution in [2.45, 2.75) is 27.2 Å². The number of hydrogen-bond acceptors (Lipinski definition) is 1. The van der Waals surface area contributed by atoms with E-state index in [0.29, 0.717) is 11.4 Å². The lowest BCUT2D eigenvalue weighted by atomic mass is 10.1. The van der Waals surface area contributed by atoms with E-state index < -0.39 is 0 Å². The molecule has 0 unspecified atom stereocenters. The number of carbonyl (C=O) groups excluding carboxylic acids is 1. The van der Waals surface area contributed by atoms with Gasteiger partial charge < -0.3 is 10.3 Å². The first kappa shape index (κ1) is 15.6.